The van der Waals surface area contributed by atoms with Crippen molar-refractivity contribution >= 4 is 29.9 Å². The number of hydrogen-bond acceptors (Lipinski definition) is 2. The Labute approximate surface area is 153 Å². The molecule has 1 heterocycles. The van der Waals surface area contributed by atoms with Crippen LogP contribution in [0.4, 0.5) is 0 Å². The van der Waals surface area contributed by atoms with E-state index >= 15 is 0 Å². The van der Waals surface area contributed by atoms with Crippen LogP contribution in [0.5, 0.6) is 0 Å². The molecule has 1 aliphatic heterocycles. The maximum Gasteiger partial charge on any atom is 0.193 e. The van der Waals surface area contributed by atoms with E-state index in [9.17, 15) is 0 Å². The summed E-state index contributed by atoms with van der Waals surface area (Å²) in [4.78, 5) is 9.56. The second-order valence-corrected chi connectivity index (χ2v) is 7.38. The number of guanidine groups is 1. The van der Waals surface area contributed by atoms with Gasteiger partial charge >= 0.3 is 0 Å². The van der Waals surface area contributed by atoms with Crippen molar-refractivity contribution in [2.45, 2.75) is 57.5 Å². The first-order valence-corrected chi connectivity index (χ1v) is 8.86. The summed E-state index contributed by atoms with van der Waals surface area (Å²) in [6, 6.07) is 1.41. The van der Waals surface area contributed by atoms with Crippen LogP contribution in [-0.4, -0.2) is 61.6 Å². The van der Waals surface area contributed by atoms with E-state index in [1.165, 1.54) is 51.6 Å². The predicted octanol–water partition coefficient (Wildman–Crippen LogP) is 2.78. The Morgan fingerprint density at radius 2 is 1.77 bits per heavy atom. The van der Waals surface area contributed by atoms with Crippen LogP contribution < -0.4 is 5.32 Å². The molecule has 128 valence electrons. The summed E-state index contributed by atoms with van der Waals surface area (Å²) >= 11 is 0. The molecule has 2 saturated carbocycles. The van der Waals surface area contributed by atoms with Crippen molar-refractivity contribution in [3.05, 3.63) is 0 Å². The number of rotatable bonds is 4. The maximum atomic E-state index is 4.53. The van der Waals surface area contributed by atoms with Crippen molar-refractivity contribution in [1.82, 2.24) is 15.1 Å². The van der Waals surface area contributed by atoms with Gasteiger partial charge in [0, 0.05) is 38.8 Å². The van der Waals surface area contributed by atoms with E-state index in [1.54, 1.807) is 0 Å². The van der Waals surface area contributed by atoms with E-state index in [4.69, 9.17) is 0 Å². The van der Waals surface area contributed by atoms with Crippen LogP contribution in [0.25, 0.3) is 0 Å². The van der Waals surface area contributed by atoms with Crippen LogP contribution in [0.3, 0.4) is 0 Å². The maximum absolute atomic E-state index is 4.53. The third-order valence-corrected chi connectivity index (χ3v) is 5.86. The van der Waals surface area contributed by atoms with E-state index in [2.05, 4.69) is 34.1 Å². The molecule has 0 radical (unpaired) electrons. The number of fused-ring (bicyclic) bond motifs is 1. The summed E-state index contributed by atoms with van der Waals surface area (Å²) in [5.74, 6) is 2.97. The Morgan fingerprint density at radius 1 is 1.18 bits per heavy atom. The summed E-state index contributed by atoms with van der Waals surface area (Å²) in [7, 11) is 4.19. The molecule has 3 atom stereocenters. The zero-order valence-electron chi connectivity index (χ0n) is 14.4. The lowest BCUT2D eigenvalue weighted by Gasteiger charge is -2.28. The van der Waals surface area contributed by atoms with Gasteiger partial charge in [-0.3, -0.25) is 9.89 Å². The van der Waals surface area contributed by atoms with Crippen LogP contribution in [0, 0.1) is 11.8 Å². The summed E-state index contributed by atoms with van der Waals surface area (Å²) in [5.41, 5.74) is 0. The number of likely N-dealkylation sites (tertiary alicyclic amines) is 1. The molecule has 0 amide bonds. The fraction of sp³-hybridized carbons (Fsp3) is 0.941. The first-order chi connectivity index (χ1) is 10.2. The van der Waals surface area contributed by atoms with Crippen molar-refractivity contribution in [3.8, 4) is 0 Å². The van der Waals surface area contributed by atoms with E-state index < -0.39 is 0 Å². The van der Waals surface area contributed by atoms with Gasteiger partial charge in [-0.25, -0.2) is 0 Å². The zero-order chi connectivity index (χ0) is 14.8. The van der Waals surface area contributed by atoms with E-state index in [1.807, 2.05) is 7.05 Å². The largest absolute Gasteiger partial charge is 0.355 e. The van der Waals surface area contributed by atoms with Gasteiger partial charge in [0.15, 0.2) is 5.96 Å². The molecule has 0 aromatic rings. The van der Waals surface area contributed by atoms with Gasteiger partial charge in [0.05, 0.1) is 0 Å². The highest BCUT2D eigenvalue weighted by Gasteiger charge is 2.36. The number of likely N-dealkylation sites (N-methyl/N-ethyl adjacent to an activating group) is 1. The summed E-state index contributed by atoms with van der Waals surface area (Å²) in [6.07, 6.45) is 8.49. The molecular weight excluding hydrogens is 387 g/mol. The first-order valence-electron chi connectivity index (χ1n) is 8.86. The molecule has 1 N–H and O–H groups in total. The number of aliphatic imine (C=N–C) groups is 1. The van der Waals surface area contributed by atoms with Crippen LogP contribution in [0.2, 0.25) is 0 Å². The Balaban J connectivity index is 0.00000176. The van der Waals surface area contributed by atoms with Gasteiger partial charge in [-0.15, -0.1) is 24.0 Å². The molecule has 3 fully saturated rings. The summed E-state index contributed by atoms with van der Waals surface area (Å²) in [6.45, 7) is 5.77. The van der Waals surface area contributed by atoms with Crippen LogP contribution in [-0.2, 0) is 0 Å². The second-order valence-electron chi connectivity index (χ2n) is 7.38. The van der Waals surface area contributed by atoms with Gasteiger partial charge < -0.3 is 10.2 Å². The van der Waals surface area contributed by atoms with E-state index in [0.717, 1.165) is 30.4 Å². The normalized spacial score (nSPS) is 30.0. The Morgan fingerprint density at radius 3 is 2.27 bits per heavy atom. The van der Waals surface area contributed by atoms with Crippen molar-refractivity contribution in [3.63, 3.8) is 0 Å². The van der Waals surface area contributed by atoms with Crippen molar-refractivity contribution < 1.29 is 0 Å². The summed E-state index contributed by atoms with van der Waals surface area (Å²) < 4.78 is 0. The smallest absolute Gasteiger partial charge is 0.193 e. The van der Waals surface area contributed by atoms with Gasteiger partial charge in [0.1, 0.15) is 0 Å². The molecule has 2 aliphatic carbocycles. The van der Waals surface area contributed by atoms with Crippen molar-refractivity contribution in [1.29, 1.82) is 0 Å². The van der Waals surface area contributed by atoms with Gasteiger partial charge in [-0.05, 0) is 51.5 Å². The number of halogens is 1. The molecule has 0 aromatic heterocycles. The third kappa shape index (κ3) is 4.28. The van der Waals surface area contributed by atoms with Crippen LogP contribution in [0.15, 0.2) is 4.99 Å². The molecule has 0 bridgehead atoms. The lowest BCUT2D eigenvalue weighted by atomic mass is 9.82. The average Bonchev–Trinajstić information content (AvgIpc) is 3.26. The Bertz CT molecular complexity index is 369. The first kappa shape index (κ1) is 18.3. The van der Waals surface area contributed by atoms with Crippen molar-refractivity contribution in [2.24, 2.45) is 16.8 Å². The number of hydrogen-bond donors (Lipinski definition) is 1. The Kier molecular flexibility index (Phi) is 6.80. The summed E-state index contributed by atoms with van der Waals surface area (Å²) in [5, 5.41) is 3.62. The lowest BCUT2D eigenvalue weighted by Crippen LogP contribution is -2.46. The van der Waals surface area contributed by atoms with E-state index in [0.29, 0.717) is 6.04 Å². The average molecular weight is 420 g/mol. The minimum Gasteiger partial charge on any atom is -0.355 e. The monoisotopic (exact) mass is 420 g/mol. The zero-order valence-corrected chi connectivity index (χ0v) is 16.8. The second kappa shape index (κ2) is 8.18. The predicted molar refractivity (Wildman–Crippen MR) is 104 cm³/mol. The van der Waals surface area contributed by atoms with Crippen LogP contribution >= 0.6 is 24.0 Å². The highest BCUT2D eigenvalue weighted by molar-refractivity contribution is 14.0. The molecule has 4 nitrogen and oxygen atoms in total. The van der Waals surface area contributed by atoms with Gasteiger partial charge in [0.25, 0.3) is 0 Å². The van der Waals surface area contributed by atoms with Gasteiger partial charge in [0.2, 0.25) is 0 Å². The molecule has 3 rings (SSSR count). The standard InChI is InChI=1S/C17H32N4.HI/c1-13(20(3)16-8-9-16)10-19-17(18-2)21-11-14-6-4-5-7-15(14)12-21;/h13-16H,4-12H2,1-3H3,(H,18,19);1H. The molecule has 22 heavy (non-hydrogen) atoms. The minimum atomic E-state index is 0. The molecule has 5 heteroatoms. The fourth-order valence-electron chi connectivity index (χ4n) is 4.14. The fourth-order valence-corrected chi connectivity index (χ4v) is 4.14. The molecule has 0 spiro atoms. The minimum absolute atomic E-state index is 0. The van der Waals surface area contributed by atoms with E-state index in [-0.39, 0.29) is 24.0 Å². The Hall–Kier alpha value is -0.0400. The van der Waals surface area contributed by atoms with Crippen molar-refractivity contribution in [2.75, 3.05) is 33.7 Å². The topological polar surface area (TPSA) is 30.9 Å². The SMILES string of the molecule is CN=C(NCC(C)N(C)C1CC1)N1CC2CCCCC2C1.I. The number of nitrogens with zero attached hydrogens (tertiary/aromatic N) is 3. The third-order valence-electron chi connectivity index (χ3n) is 5.86. The molecule has 1 saturated heterocycles. The quantitative estimate of drug-likeness (QED) is 0.431. The molecule has 3 aliphatic rings. The van der Waals surface area contributed by atoms with Gasteiger partial charge in [-0.2, -0.15) is 0 Å². The lowest BCUT2D eigenvalue weighted by molar-refractivity contribution is 0.246. The molecule has 3 unspecified atom stereocenters. The molecule has 0 aromatic carbocycles. The number of nitrogens with one attached hydrogen (secondary N) is 1. The highest BCUT2D eigenvalue weighted by atomic mass is 127. The van der Waals surface area contributed by atoms with Crippen LogP contribution in [0.1, 0.15) is 45.4 Å². The van der Waals surface area contributed by atoms with Gasteiger partial charge in [-0.1, -0.05) is 12.8 Å². The molecular formula is C17H33IN4. The highest BCUT2D eigenvalue weighted by Crippen LogP contribution is 2.36.